The van der Waals surface area contributed by atoms with Crippen LogP contribution in [0.25, 0.3) is 0 Å². The van der Waals surface area contributed by atoms with Crippen molar-refractivity contribution in [1.29, 1.82) is 0 Å². The molecule has 0 aromatic carbocycles. The zero-order valence-corrected chi connectivity index (χ0v) is 15.5. The van der Waals surface area contributed by atoms with E-state index in [-0.39, 0.29) is 16.7 Å². The highest BCUT2D eigenvalue weighted by atomic mass is 35.5. The zero-order valence-electron chi connectivity index (χ0n) is 13.1. The Morgan fingerprint density at radius 1 is 1.28 bits per heavy atom. The van der Waals surface area contributed by atoms with Gasteiger partial charge in [0.2, 0.25) is 0 Å². The van der Waals surface area contributed by atoms with E-state index >= 15 is 0 Å². The quantitative estimate of drug-likeness (QED) is 0.771. The number of nitrogens with zero attached hydrogens (tertiary/aromatic N) is 2. The molecule has 2 aromatic heterocycles. The van der Waals surface area contributed by atoms with E-state index in [1.807, 2.05) is 0 Å². The third-order valence-corrected chi connectivity index (χ3v) is 7.29. The summed E-state index contributed by atoms with van der Waals surface area (Å²) in [5, 5.41) is 3.05. The third kappa shape index (κ3) is 4.36. The molecule has 0 unspecified atom stereocenters. The Bertz CT molecular complexity index is 846. The van der Waals surface area contributed by atoms with Crippen molar-refractivity contribution >= 4 is 38.9 Å². The maximum Gasteiger partial charge on any atom is 0.253 e. The van der Waals surface area contributed by atoms with Gasteiger partial charge in [0.1, 0.15) is 9.36 Å². The van der Waals surface area contributed by atoms with E-state index in [2.05, 4.69) is 10.3 Å². The number of aromatic nitrogens is 1. The largest absolute Gasteiger partial charge is 0.379 e. The Morgan fingerprint density at radius 2 is 2.04 bits per heavy atom. The maximum absolute atomic E-state index is 12.6. The summed E-state index contributed by atoms with van der Waals surface area (Å²) < 4.78 is 32.0. The second-order valence-electron chi connectivity index (χ2n) is 5.29. The van der Waals surface area contributed by atoms with Gasteiger partial charge in [-0.3, -0.25) is 4.79 Å². The molecule has 0 aliphatic carbocycles. The molecule has 3 heterocycles. The van der Waals surface area contributed by atoms with Gasteiger partial charge in [0, 0.05) is 24.2 Å². The van der Waals surface area contributed by atoms with Gasteiger partial charge in [-0.2, -0.15) is 4.31 Å². The molecule has 1 amide bonds. The molecule has 1 N–H and O–H groups in total. The Kier molecular flexibility index (Phi) is 5.70. The summed E-state index contributed by atoms with van der Waals surface area (Å²) in [4.78, 5) is 16.7. The summed E-state index contributed by atoms with van der Waals surface area (Å²) >= 11 is 6.84. The molecule has 0 spiro atoms. The van der Waals surface area contributed by atoms with Gasteiger partial charge in [0.15, 0.2) is 0 Å². The number of hydrogen-bond acceptors (Lipinski definition) is 6. The molecule has 134 valence electrons. The highest BCUT2D eigenvalue weighted by Crippen LogP contribution is 2.25. The fourth-order valence-electron chi connectivity index (χ4n) is 2.29. The van der Waals surface area contributed by atoms with Gasteiger partial charge in [-0.05, 0) is 24.3 Å². The minimum Gasteiger partial charge on any atom is -0.379 e. The fourth-order valence-corrected chi connectivity index (χ4v) is 5.26. The molecule has 10 heteroatoms. The van der Waals surface area contributed by atoms with E-state index in [0.29, 0.717) is 37.0 Å². The lowest BCUT2D eigenvalue weighted by Crippen LogP contribution is -2.40. The molecular formula is C15H16ClN3O4S2. The van der Waals surface area contributed by atoms with E-state index in [1.165, 1.54) is 16.6 Å². The Hall–Kier alpha value is -1.52. The Balaban J connectivity index is 1.63. The minimum absolute atomic E-state index is 0.241. The van der Waals surface area contributed by atoms with Crippen molar-refractivity contribution in [3.8, 4) is 0 Å². The molecule has 7 nitrogen and oxygen atoms in total. The van der Waals surface area contributed by atoms with Gasteiger partial charge >= 0.3 is 0 Å². The van der Waals surface area contributed by atoms with Gasteiger partial charge in [-0.15, -0.1) is 11.3 Å². The Morgan fingerprint density at radius 3 is 2.72 bits per heavy atom. The first-order valence-electron chi connectivity index (χ1n) is 7.53. The van der Waals surface area contributed by atoms with Crippen LogP contribution in [-0.4, -0.2) is 49.9 Å². The molecular weight excluding hydrogens is 386 g/mol. The molecule has 0 atom stereocenters. The lowest BCUT2D eigenvalue weighted by molar-refractivity contribution is 0.0731. The molecule has 1 saturated heterocycles. The number of pyridine rings is 1. The van der Waals surface area contributed by atoms with Crippen LogP contribution < -0.4 is 5.32 Å². The lowest BCUT2D eigenvalue weighted by atomic mass is 10.2. The smallest absolute Gasteiger partial charge is 0.253 e. The number of rotatable bonds is 5. The lowest BCUT2D eigenvalue weighted by Gasteiger charge is -2.25. The van der Waals surface area contributed by atoms with Crippen LogP contribution in [0.15, 0.2) is 34.7 Å². The topological polar surface area (TPSA) is 88.6 Å². The second-order valence-corrected chi connectivity index (χ2v) is 9.01. The van der Waals surface area contributed by atoms with Crippen LogP contribution in [0.5, 0.6) is 0 Å². The van der Waals surface area contributed by atoms with Crippen LogP contribution in [0.2, 0.25) is 5.15 Å². The molecule has 1 fully saturated rings. The van der Waals surface area contributed by atoms with Crippen molar-refractivity contribution in [2.75, 3.05) is 26.3 Å². The number of morpholine rings is 1. The first-order chi connectivity index (χ1) is 12.0. The highest BCUT2D eigenvalue weighted by molar-refractivity contribution is 7.91. The first kappa shape index (κ1) is 18.3. The van der Waals surface area contributed by atoms with E-state index in [4.69, 9.17) is 16.3 Å². The van der Waals surface area contributed by atoms with Gasteiger partial charge in [-0.25, -0.2) is 13.4 Å². The summed E-state index contributed by atoms with van der Waals surface area (Å²) in [5.74, 6) is -0.296. The molecule has 0 saturated carbocycles. The molecule has 0 bridgehead atoms. The molecule has 3 rings (SSSR count). The molecule has 1 aliphatic heterocycles. The standard InChI is InChI=1S/C15H16ClN3O4S2/c16-13-3-1-11(9-17-13)15(20)18-10-12-2-4-14(24-12)25(21,22)19-5-7-23-8-6-19/h1-4,9H,5-8,10H2,(H,18,20). The number of thiophene rings is 1. The Labute approximate surface area is 154 Å². The van der Waals surface area contributed by atoms with E-state index in [1.54, 1.807) is 18.2 Å². The van der Waals surface area contributed by atoms with Crippen LogP contribution in [0, 0.1) is 0 Å². The second kappa shape index (κ2) is 7.79. The summed E-state index contributed by atoms with van der Waals surface area (Å²) in [5.41, 5.74) is 0.391. The SMILES string of the molecule is O=C(NCc1ccc(S(=O)(=O)N2CCOCC2)s1)c1ccc(Cl)nc1. The van der Waals surface area contributed by atoms with Gasteiger partial charge in [0.25, 0.3) is 15.9 Å². The van der Waals surface area contributed by atoms with Crippen LogP contribution in [0.4, 0.5) is 0 Å². The molecule has 25 heavy (non-hydrogen) atoms. The summed E-state index contributed by atoms with van der Waals surface area (Å²) in [6.07, 6.45) is 1.39. The third-order valence-electron chi connectivity index (χ3n) is 3.61. The van der Waals surface area contributed by atoms with Crippen molar-refractivity contribution < 1.29 is 17.9 Å². The number of halogens is 1. The van der Waals surface area contributed by atoms with Crippen LogP contribution in [0.3, 0.4) is 0 Å². The average Bonchev–Trinajstić information content (AvgIpc) is 3.11. The van der Waals surface area contributed by atoms with Crippen LogP contribution in [-0.2, 0) is 21.3 Å². The summed E-state index contributed by atoms with van der Waals surface area (Å²) in [7, 11) is -3.50. The first-order valence-corrected chi connectivity index (χ1v) is 10.2. The zero-order chi connectivity index (χ0) is 17.9. The maximum atomic E-state index is 12.6. The van der Waals surface area contributed by atoms with E-state index < -0.39 is 10.0 Å². The number of ether oxygens (including phenoxy) is 1. The molecule has 2 aromatic rings. The predicted molar refractivity (Wildman–Crippen MR) is 94.3 cm³/mol. The van der Waals surface area contributed by atoms with Gasteiger partial charge in [0.05, 0.1) is 25.3 Å². The minimum atomic E-state index is -3.50. The van der Waals surface area contributed by atoms with Gasteiger partial charge in [-0.1, -0.05) is 11.6 Å². The van der Waals surface area contributed by atoms with Crippen LogP contribution >= 0.6 is 22.9 Å². The van der Waals surface area contributed by atoms with Crippen molar-refractivity contribution in [3.63, 3.8) is 0 Å². The molecule has 1 aliphatic rings. The fraction of sp³-hybridized carbons (Fsp3) is 0.333. The normalized spacial score (nSPS) is 15.9. The highest BCUT2D eigenvalue weighted by Gasteiger charge is 2.27. The predicted octanol–water partition coefficient (Wildman–Crippen LogP) is 1.75. The van der Waals surface area contributed by atoms with Crippen LogP contribution in [0.1, 0.15) is 15.2 Å². The number of nitrogens with one attached hydrogen (secondary N) is 1. The van der Waals surface area contributed by atoms with Crippen molar-refractivity contribution in [2.24, 2.45) is 0 Å². The summed E-state index contributed by atoms with van der Waals surface area (Å²) in [6.45, 7) is 1.77. The van der Waals surface area contributed by atoms with Crippen molar-refractivity contribution in [2.45, 2.75) is 10.8 Å². The van der Waals surface area contributed by atoms with Gasteiger partial charge < -0.3 is 10.1 Å². The number of hydrogen-bond donors (Lipinski definition) is 1. The number of sulfonamides is 1. The van der Waals surface area contributed by atoms with E-state index in [9.17, 15) is 13.2 Å². The number of carbonyl (C=O) groups excluding carboxylic acids is 1. The monoisotopic (exact) mass is 401 g/mol. The van der Waals surface area contributed by atoms with Crippen molar-refractivity contribution in [3.05, 3.63) is 46.1 Å². The average molecular weight is 402 g/mol. The summed E-state index contributed by atoms with van der Waals surface area (Å²) in [6, 6.07) is 6.39. The van der Waals surface area contributed by atoms with Crippen molar-refractivity contribution in [1.82, 2.24) is 14.6 Å². The number of carbonyl (C=O) groups is 1. The van der Waals surface area contributed by atoms with E-state index in [0.717, 1.165) is 16.2 Å². The molecule has 0 radical (unpaired) electrons. The number of amides is 1.